The van der Waals surface area contributed by atoms with Crippen molar-refractivity contribution in [3.63, 3.8) is 0 Å². The molecule has 5 nitrogen and oxygen atoms in total. The van der Waals surface area contributed by atoms with Crippen molar-refractivity contribution in [2.75, 3.05) is 27.2 Å². The Hall–Kier alpha value is -0.950. The van der Waals surface area contributed by atoms with Crippen molar-refractivity contribution >= 4 is 10.0 Å². The molecular formula is C14H23N3O2S. The second-order valence-corrected chi connectivity index (χ2v) is 7.26. The molecule has 1 heterocycles. The first-order valence-corrected chi connectivity index (χ1v) is 8.42. The minimum Gasteiger partial charge on any atom is -0.315 e. The fourth-order valence-electron chi connectivity index (χ4n) is 2.38. The van der Waals surface area contributed by atoms with Gasteiger partial charge >= 0.3 is 0 Å². The topological polar surface area (TPSA) is 61.4 Å². The summed E-state index contributed by atoms with van der Waals surface area (Å²) < 4.78 is 27.3. The Bertz CT molecular complexity index is 520. The van der Waals surface area contributed by atoms with Crippen LogP contribution in [-0.4, -0.2) is 46.5 Å². The zero-order valence-corrected chi connectivity index (χ0v) is 12.9. The van der Waals surface area contributed by atoms with Crippen LogP contribution in [0.4, 0.5) is 0 Å². The summed E-state index contributed by atoms with van der Waals surface area (Å²) in [4.78, 5) is 2.39. The fourth-order valence-corrected chi connectivity index (χ4v) is 3.65. The van der Waals surface area contributed by atoms with E-state index in [9.17, 15) is 8.42 Å². The molecule has 20 heavy (non-hydrogen) atoms. The van der Waals surface area contributed by atoms with Crippen molar-refractivity contribution in [3.8, 4) is 0 Å². The average molecular weight is 297 g/mol. The molecule has 1 aromatic rings. The van der Waals surface area contributed by atoms with Crippen molar-refractivity contribution in [1.82, 2.24) is 14.9 Å². The van der Waals surface area contributed by atoms with Crippen LogP contribution in [0.15, 0.2) is 29.2 Å². The Labute approximate surface area is 121 Å². The van der Waals surface area contributed by atoms with Gasteiger partial charge in [0.2, 0.25) is 10.0 Å². The predicted molar refractivity (Wildman–Crippen MR) is 80.0 cm³/mol. The average Bonchev–Trinajstić information content (AvgIpc) is 2.39. The van der Waals surface area contributed by atoms with Crippen LogP contribution in [0, 0.1) is 0 Å². The van der Waals surface area contributed by atoms with Gasteiger partial charge in [0, 0.05) is 19.1 Å². The van der Waals surface area contributed by atoms with Gasteiger partial charge in [-0.3, -0.25) is 0 Å². The van der Waals surface area contributed by atoms with E-state index in [-0.39, 0.29) is 6.04 Å². The van der Waals surface area contributed by atoms with Crippen molar-refractivity contribution < 1.29 is 8.42 Å². The van der Waals surface area contributed by atoms with E-state index in [1.165, 1.54) is 0 Å². The molecule has 0 spiro atoms. The van der Waals surface area contributed by atoms with E-state index in [1.807, 2.05) is 26.2 Å². The van der Waals surface area contributed by atoms with Crippen LogP contribution < -0.4 is 10.0 Å². The van der Waals surface area contributed by atoms with Crippen molar-refractivity contribution in [2.24, 2.45) is 0 Å². The lowest BCUT2D eigenvalue weighted by molar-refractivity contribution is 0.402. The Balaban J connectivity index is 2.04. The number of nitrogens with one attached hydrogen (secondary N) is 2. The van der Waals surface area contributed by atoms with E-state index in [0.29, 0.717) is 11.4 Å². The number of hydrogen-bond acceptors (Lipinski definition) is 4. The fraction of sp³-hybridized carbons (Fsp3) is 0.571. The van der Waals surface area contributed by atoms with E-state index in [0.717, 1.165) is 31.5 Å². The molecule has 1 aliphatic heterocycles. The Morgan fingerprint density at radius 3 is 2.55 bits per heavy atom. The number of nitrogens with zero attached hydrogens (tertiary/aromatic N) is 1. The van der Waals surface area contributed by atoms with Gasteiger partial charge in [0.1, 0.15) is 0 Å². The maximum atomic E-state index is 12.3. The third-order valence-electron chi connectivity index (χ3n) is 3.35. The summed E-state index contributed by atoms with van der Waals surface area (Å²) in [5.74, 6) is 0. The highest BCUT2D eigenvalue weighted by Gasteiger charge is 2.21. The van der Waals surface area contributed by atoms with Gasteiger partial charge < -0.3 is 10.2 Å². The van der Waals surface area contributed by atoms with Crippen molar-refractivity contribution in [3.05, 3.63) is 29.8 Å². The molecule has 1 saturated heterocycles. The van der Waals surface area contributed by atoms with Crippen LogP contribution in [0.5, 0.6) is 0 Å². The van der Waals surface area contributed by atoms with Gasteiger partial charge in [0.15, 0.2) is 0 Å². The maximum absolute atomic E-state index is 12.3. The van der Waals surface area contributed by atoms with Gasteiger partial charge in [-0.25, -0.2) is 13.1 Å². The first kappa shape index (κ1) is 15.4. The Kier molecular flexibility index (Phi) is 5.15. The number of hydrogen-bond donors (Lipinski definition) is 2. The molecule has 0 unspecified atom stereocenters. The van der Waals surface area contributed by atoms with Gasteiger partial charge in [0.25, 0.3) is 0 Å². The molecule has 0 amide bonds. The number of rotatable bonds is 5. The molecule has 0 radical (unpaired) electrons. The van der Waals surface area contributed by atoms with Gasteiger partial charge in [0.05, 0.1) is 4.90 Å². The third-order valence-corrected chi connectivity index (χ3v) is 4.89. The van der Waals surface area contributed by atoms with Crippen LogP contribution in [0.3, 0.4) is 0 Å². The molecule has 1 aromatic carbocycles. The first-order chi connectivity index (χ1) is 9.47. The van der Waals surface area contributed by atoms with Crippen molar-refractivity contribution in [2.45, 2.75) is 30.3 Å². The van der Waals surface area contributed by atoms with Crippen LogP contribution in [0.1, 0.15) is 18.4 Å². The smallest absolute Gasteiger partial charge is 0.240 e. The number of piperidine rings is 1. The zero-order valence-electron chi connectivity index (χ0n) is 12.1. The summed E-state index contributed by atoms with van der Waals surface area (Å²) in [7, 11) is 0.568. The molecule has 6 heteroatoms. The third kappa shape index (κ3) is 4.28. The summed E-state index contributed by atoms with van der Waals surface area (Å²) in [6.45, 7) is 2.48. The molecule has 2 rings (SSSR count). The summed E-state index contributed by atoms with van der Waals surface area (Å²) in [5.41, 5.74) is 1.10. The van der Waals surface area contributed by atoms with Gasteiger partial charge in [-0.15, -0.1) is 0 Å². The quantitative estimate of drug-likeness (QED) is 0.843. The lowest BCUT2D eigenvalue weighted by Crippen LogP contribution is -2.45. The molecule has 1 atom stereocenters. The lowest BCUT2D eigenvalue weighted by Gasteiger charge is -2.23. The summed E-state index contributed by atoms with van der Waals surface area (Å²) in [5, 5.41) is 3.21. The Morgan fingerprint density at radius 2 is 2.00 bits per heavy atom. The van der Waals surface area contributed by atoms with Crippen LogP contribution >= 0.6 is 0 Å². The SMILES string of the molecule is CN(C)Cc1ccc(S(=O)(=O)N[C@H]2CCCNC2)cc1. The molecule has 1 aliphatic rings. The van der Waals surface area contributed by atoms with E-state index in [4.69, 9.17) is 0 Å². The van der Waals surface area contributed by atoms with E-state index >= 15 is 0 Å². The van der Waals surface area contributed by atoms with E-state index in [1.54, 1.807) is 12.1 Å². The zero-order chi connectivity index (χ0) is 14.6. The van der Waals surface area contributed by atoms with E-state index in [2.05, 4.69) is 14.9 Å². The molecule has 112 valence electrons. The molecule has 2 N–H and O–H groups in total. The summed E-state index contributed by atoms with van der Waals surface area (Å²) in [6.07, 6.45) is 1.90. The van der Waals surface area contributed by atoms with Crippen LogP contribution in [-0.2, 0) is 16.6 Å². The van der Waals surface area contributed by atoms with Gasteiger partial charge in [-0.1, -0.05) is 12.1 Å². The number of benzene rings is 1. The largest absolute Gasteiger partial charge is 0.315 e. The van der Waals surface area contributed by atoms with Crippen LogP contribution in [0.2, 0.25) is 0 Å². The second-order valence-electron chi connectivity index (χ2n) is 5.55. The highest BCUT2D eigenvalue weighted by atomic mass is 32.2. The molecule has 0 saturated carbocycles. The molecule has 0 aromatic heterocycles. The second kappa shape index (κ2) is 6.67. The monoisotopic (exact) mass is 297 g/mol. The standard InChI is InChI=1S/C14H23N3O2S/c1-17(2)11-12-5-7-14(8-6-12)20(18,19)16-13-4-3-9-15-10-13/h5-8,13,15-16H,3-4,9-11H2,1-2H3/t13-/m0/s1. The van der Waals surface area contributed by atoms with E-state index < -0.39 is 10.0 Å². The normalized spacial score (nSPS) is 20.2. The van der Waals surface area contributed by atoms with Gasteiger partial charge in [-0.2, -0.15) is 0 Å². The molecular weight excluding hydrogens is 274 g/mol. The Morgan fingerprint density at radius 1 is 1.30 bits per heavy atom. The summed E-state index contributed by atoms with van der Waals surface area (Å²) >= 11 is 0. The predicted octanol–water partition coefficient (Wildman–Crippen LogP) is 0.779. The van der Waals surface area contributed by atoms with Crippen molar-refractivity contribution in [1.29, 1.82) is 0 Å². The minimum atomic E-state index is -3.41. The molecule has 0 bridgehead atoms. The minimum absolute atomic E-state index is 0.00444. The lowest BCUT2D eigenvalue weighted by atomic mass is 10.1. The van der Waals surface area contributed by atoms with Crippen LogP contribution in [0.25, 0.3) is 0 Å². The number of sulfonamides is 1. The molecule has 0 aliphatic carbocycles. The molecule has 1 fully saturated rings. The summed E-state index contributed by atoms with van der Waals surface area (Å²) in [6, 6.07) is 7.09. The highest BCUT2D eigenvalue weighted by molar-refractivity contribution is 7.89. The highest BCUT2D eigenvalue weighted by Crippen LogP contribution is 2.13. The first-order valence-electron chi connectivity index (χ1n) is 6.94. The van der Waals surface area contributed by atoms with Gasteiger partial charge in [-0.05, 0) is 51.2 Å². The maximum Gasteiger partial charge on any atom is 0.240 e.